The second-order valence-corrected chi connectivity index (χ2v) is 4.50. The summed E-state index contributed by atoms with van der Waals surface area (Å²) < 4.78 is 0. The third-order valence-electron chi connectivity index (χ3n) is 2.24. The van der Waals surface area contributed by atoms with Crippen molar-refractivity contribution in [3.63, 3.8) is 0 Å². The van der Waals surface area contributed by atoms with E-state index in [4.69, 9.17) is 5.11 Å². The molecule has 2 rings (SSSR count). The summed E-state index contributed by atoms with van der Waals surface area (Å²) in [6, 6.07) is -1.65. The first-order valence-electron chi connectivity index (χ1n) is 5.32. The van der Waals surface area contributed by atoms with E-state index in [2.05, 4.69) is 25.6 Å². The maximum absolute atomic E-state index is 11.6. The highest BCUT2D eigenvalue weighted by molar-refractivity contribution is 7.13. The van der Waals surface area contributed by atoms with Crippen LogP contribution in [-0.2, 0) is 11.2 Å². The molecule has 0 fully saturated rings. The third kappa shape index (κ3) is 3.78. The van der Waals surface area contributed by atoms with Gasteiger partial charge in [-0.1, -0.05) is 0 Å². The summed E-state index contributed by atoms with van der Waals surface area (Å²) in [6.07, 6.45) is 4.63. The zero-order chi connectivity index (χ0) is 13.7. The summed E-state index contributed by atoms with van der Waals surface area (Å²) in [5, 5.41) is 16.0. The number of carbonyl (C=O) groups is 2. The van der Waals surface area contributed by atoms with Gasteiger partial charge in [-0.3, -0.25) is 5.32 Å². The lowest BCUT2D eigenvalue weighted by Crippen LogP contribution is -2.44. The first kappa shape index (κ1) is 13.0. The summed E-state index contributed by atoms with van der Waals surface area (Å²) in [7, 11) is 0. The second kappa shape index (κ2) is 5.96. The number of thiazole rings is 1. The summed E-state index contributed by atoms with van der Waals surface area (Å²) in [5.41, 5.74) is 0.627. The number of anilines is 1. The first-order chi connectivity index (χ1) is 9.15. The van der Waals surface area contributed by atoms with Crippen LogP contribution >= 0.6 is 11.3 Å². The fourth-order valence-corrected chi connectivity index (χ4v) is 1.92. The van der Waals surface area contributed by atoms with E-state index in [0.29, 0.717) is 10.8 Å². The van der Waals surface area contributed by atoms with Crippen molar-refractivity contribution in [1.29, 1.82) is 0 Å². The molecule has 2 amide bonds. The average molecular weight is 281 g/mol. The largest absolute Gasteiger partial charge is 0.480 e. The summed E-state index contributed by atoms with van der Waals surface area (Å²) in [4.78, 5) is 33.1. The quantitative estimate of drug-likeness (QED) is 0.642. The Balaban J connectivity index is 1.93. The Kier molecular flexibility index (Phi) is 4.08. The molecule has 2 aromatic heterocycles. The number of urea groups is 1. The van der Waals surface area contributed by atoms with Gasteiger partial charge in [-0.15, -0.1) is 11.3 Å². The van der Waals surface area contributed by atoms with Crippen molar-refractivity contribution in [3.8, 4) is 0 Å². The van der Waals surface area contributed by atoms with Crippen LogP contribution in [0.25, 0.3) is 0 Å². The van der Waals surface area contributed by atoms with Crippen LogP contribution in [0.15, 0.2) is 24.1 Å². The number of hydrogen-bond acceptors (Lipinski definition) is 5. The molecule has 0 saturated heterocycles. The number of nitrogens with zero attached hydrogens (tertiary/aromatic N) is 2. The maximum Gasteiger partial charge on any atom is 0.326 e. The fraction of sp³-hybridized carbons (Fsp3) is 0.200. The maximum atomic E-state index is 11.6. The van der Waals surface area contributed by atoms with Gasteiger partial charge in [0.15, 0.2) is 5.13 Å². The minimum Gasteiger partial charge on any atom is -0.480 e. The molecule has 0 bridgehead atoms. The summed E-state index contributed by atoms with van der Waals surface area (Å²) in [6.45, 7) is 0. The number of H-pyrrole nitrogens is 1. The number of carbonyl (C=O) groups excluding carboxylic acids is 1. The summed E-state index contributed by atoms with van der Waals surface area (Å²) in [5.74, 6) is -1.12. The highest BCUT2D eigenvalue weighted by Crippen LogP contribution is 2.09. The topological polar surface area (TPSA) is 120 Å². The van der Waals surface area contributed by atoms with E-state index in [-0.39, 0.29) is 6.42 Å². The van der Waals surface area contributed by atoms with Gasteiger partial charge < -0.3 is 15.4 Å². The SMILES string of the molecule is O=C(Nc1nccs1)N[C@@H](Cc1cnc[nH]1)C(=O)O. The van der Waals surface area contributed by atoms with Gasteiger partial charge in [-0.05, 0) is 0 Å². The first-order valence-corrected chi connectivity index (χ1v) is 6.20. The average Bonchev–Trinajstić information content (AvgIpc) is 3.00. The number of carboxylic acids is 1. The molecule has 1 atom stereocenters. The molecule has 0 aromatic carbocycles. The number of rotatable bonds is 5. The van der Waals surface area contributed by atoms with Crippen molar-refractivity contribution in [2.45, 2.75) is 12.5 Å². The van der Waals surface area contributed by atoms with E-state index in [1.165, 1.54) is 23.9 Å². The lowest BCUT2D eigenvalue weighted by molar-refractivity contribution is -0.139. The predicted molar refractivity (Wildman–Crippen MR) is 68.0 cm³/mol. The summed E-state index contributed by atoms with van der Waals surface area (Å²) >= 11 is 1.25. The van der Waals surface area contributed by atoms with Gasteiger partial charge in [-0.2, -0.15) is 0 Å². The monoisotopic (exact) mass is 281 g/mol. The van der Waals surface area contributed by atoms with Crippen molar-refractivity contribution in [3.05, 3.63) is 29.8 Å². The Morgan fingerprint density at radius 2 is 2.37 bits per heavy atom. The Bertz CT molecular complexity index is 540. The minimum absolute atomic E-state index is 0.126. The van der Waals surface area contributed by atoms with E-state index in [1.807, 2.05) is 0 Å². The zero-order valence-electron chi connectivity index (χ0n) is 9.66. The number of hydrogen-bond donors (Lipinski definition) is 4. The number of aromatic nitrogens is 3. The number of aliphatic carboxylic acids is 1. The molecular weight excluding hydrogens is 270 g/mol. The molecule has 4 N–H and O–H groups in total. The fourth-order valence-electron chi connectivity index (χ4n) is 1.39. The van der Waals surface area contributed by atoms with E-state index in [9.17, 15) is 9.59 Å². The standard InChI is InChI=1S/C10H11N5O3S/c16-8(17)7(3-6-4-11-5-13-6)14-9(18)15-10-12-1-2-19-10/h1-2,4-5,7H,3H2,(H,11,13)(H,16,17)(H2,12,14,15,18)/t7-/m0/s1. The number of amides is 2. The molecule has 0 aliphatic rings. The van der Waals surface area contributed by atoms with E-state index in [0.717, 1.165) is 0 Å². The molecule has 100 valence electrons. The zero-order valence-corrected chi connectivity index (χ0v) is 10.5. The van der Waals surface area contributed by atoms with Gasteiger partial charge >= 0.3 is 12.0 Å². The molecule has 9 heteroatoms. The number of carboxylic acid groups (broad SMARTS) is 1. The van der Waals surface area contributed by atoms with E-state index < -0.39 is 18.0 Å². The number of aromatic amines is 1. The number of imidazole rings is 1. The molecule has 0 aliphatic heterocycles. The van der Waals surface area contributed by atoms with Gasteiger partial charge in [0.1, 0.15) is 6.04 Å². The molecule has 0 spiro atoms. The Morgan fingerprint density at radius 1 is 1.53 bits per heavy atom. The molecule has 2 aromatic rings. The van der Waals surface area contributed by atoms with Gasteiger partial charge in [-0.25, -0.2) is 19.6 Å². The molecule has 2 heterocycles. The molecular formula is C10H11N5O3S. The smallest absolute Gasteiger partial charge is 0.326 e. The van der Waals surface area contributed by atoms with Crippen LogP contribution in [0.3, 0.4) is 0 Å². The van der Waals surface area contributed by atoms with Crippen molar-refractivity contribution in [2.75, 3.05) is 5.32 Å². The highest BCUT2D eigenvalue weighted by atomic mass is 32.1. The number of nitrogens with one attached hydrogen (secondary N) is 3. The normalized spacial score (nSPS) is 11.8. The lowest BCUT2D eigenvalue weighted by Gasteiger charge is -2.13. The predicted octanol–water partition coefficient (Wildman–Crippen LogP) is 0.684. The third-order valence-corrected chi connectivity index (χ3v) is 2.92. The van der Waals surface area contributed by atoms with Crippen LogP contribution in [0.2, 0.25) is 0 Å². The van der Waals surface area contributed by atoms with Crippen LogP contribution in [0.5, 0.6) is 0 Å². The highest BCUT2D eigenvalue weighted by Gasteiger charge is 2.21. The molecule has 8 nitrogen and oxygen atoms in total. The lowest BCUT2D eigenvalue weighted by atomic mass is 10.2. The van der Waals surface area contributed by atoms with Gasteiger partial charge in [0.05, 0.1) is 6.33 Å². The van der Waals surface area contributed by atoms with Crippen LogP contribution in [0.4, 0.5) is 9.93 Å². The Labute approximate surface area is 111 Å². The van der Waals surface area contributed by atoms with Crippen molar-refractivity contribution >= 4 is 28.5 Å². The van der Waals surface area contributed by atoms with Gasteiger partial charge in [0.25, 0.3) is 0 Å². The molecule has 19 heavy (non-hydrogen) atoms. The Morgan fingerprint density at radius 3 is 2.95 bits per heavy atom. The van der Waals surface area contributed by atoms with Crippen molar-refractivity contribution in [1.82, 2.24) is 20.3 Å². The van der Waals surface area contributed by atoms with Crippen molar-refractivity contribution in [2.24, 2.45) is 0 Å². The minimum atomic E-state index is -1.12. The van der Waals surface area contributed by atoms with Gasteiger partial charge in [0.2, 0.25) is 0 Å². The van der Waals surface area contributed by atoms with Gasteiger partial charge in [0, 0.05) is 29.9 Å². The van der Waals surface area contributed by atoms with Crippen LogP contribution in [0.1, 0.15) is 5.69 Å². The van der Waals surface area contributed by atoms with Crippen LogP contribution in [-0.4, -0.2) is 38.1 Å². The molecule has 0 unspecified atom stereocenters. The molecule has 0 saturated carbocycles. The Hall–Kier alpha value is -2.42. The van der Waals surface area contributed by atoms with E-state index >= 15 is 0 Å². The van der Waals surface area contributed by atoms with Crippen LogP contribution in [0, 0.1) is 0 Å². The van der Waals surface area contributed by atoms with E-state index in [1.54, 1.807) is 11.6 Å². The molecule has 0 aliphatic carbocycles. The second-order valence-electron chi connectivity index (χ2n) is 3.61. The molecule has 0 radical (unpaired) electrons. The van der Waals surface area contributed by atoms with Crippen molar-refractivity contribution < 1.29 is 14.7 Å². The van der Waals surface area contributed by atoms with Crippen LogP contribution < -0.4 is 10.6 Å².